The maximum atomic E-state index is 12.2. The molecule has 0 aliphatic heterocycles. The number of ether oxygens (including phenoxy) is 1. The molecule has 1 aromatic heterocycles. The summed E-state index contributed by atoms with van der Waals surface area (Å²) in [5, 5.41) is 11.5. The summed E-state index contributed by atoms with van der Waals surface area (Å²) in [6, 6.07) is 6.18. The number of nitrogens with zero attached hydrogens (tertiary/aromatic N) is 3. The van der Waals surface area contributed by atoms with Crippen LogP contribution in [-0.2, 0) is 4.79 Å². The van der Waals surface area contributed by atoms with Gasteiger partial charge in [-0.15, -0.1) is 10.2 Å². The smallest absolute Gasteiger partial charge is 0.387 e. The highest BCUT2D eigenvalue weighted by Crippen LogP contribution is 2.25. The van der Waals surface area contributed by atoms with Gasteiger partial charge < -0.3 is 15.9 Å². The zero-order valence-electron chi connectivity index (χ0n) is 15.5. The van der Waals surface area contributed by atoms with E-state index in [0.29, 0.717) is 16.5 Å². The number of halogens is 2. The number of hydrogen-bond acceptors (Lipinski definition) is 6. The van der Waals surface area contributed by atoms with Crippen molar-refractivity contribution in [3.8, 4) is 17.1 Å². The van der Waals surface area contributed by atoms with Gasteiger partial charge in [0, 0.05) is 11.6 Å². The van der Waals surface area contributed by atoms with Gasteiger partial charge in [-0.05, 0) is 55.9 Å². The summed E-state index contributed by atoms with van der Waals surface area (Å²) < 4.78 is 30.0. The van der Waals surface area contributed by atoms with Crippen molar-refractivity contribution in [2.24, 2.45) is 5.92 Å². The molecule has 3 rings (SSSR count). The third-order valence-electron chi connectivity index (χ3n) is 4.72. The first-order chi connectivity index (χ1) is 13.4. The third-order valence-corrected chi connectivity index (χ3v) is 5.66. The number of hydrogen-bond donors (Lipinski definition) is 2. The summed E-state index contributed by atoms with van der Waals surface area (Å²) in [4.78, 5) is 12.2. The Labute approximate surface area is 166 Å². The van der Waals surface area contributed by atoms with Crippen molar-refractivity contribution in [3.63, 3.8) is 0 Å². The summed E-state index contributed by atoms with van der Waals surface area (Å²) in [5.41, 5.74) is 0.601. The first-order valence-electron chi connectivity index (χ1n) is 9.10. The molecule has 7 nitrogen and oxygen atoms in total. The second-order valence-corrected chi connectivity index (χ2v) is 7.83. The minimum atomic E-state index is -2.88. The number of aromatic nitrogens is 3. The molecule has 0 radical (unpaired) electrons. The monoisotopic (exact) mass is 411 g/mol. The highest BCUT2D eigenvalue weighted by molar-refractivity contribution is 7.99. The number of benzene rings is 1. The molecule has 1 aliphatic carbocycles. The molecule has 1 heterocycles. The Hall–Kier alpha value is -2.36. The molecule has 3 N–H and O–H groups in total. The summed E-state index contributed by atoms with van der Waals surface area (Å²) in [6.07, 6.45) is 4.31. The number of nitrogens with one attached hydrogen (secondary N) is 1. The number of alkyl halides is 2. The molecular formula is C18H23F2N5O2S. The average molecular weight is 411 g/mol. The van der Waals surface area contributed by atoms with Crippen LogP contribution in [0.5, 0.6) is 5.75 Å². The number of thioether (sulfide) groups is 1. The van der Waals surface area contributed by atoms with Crippen LogP contribution < -0.4 is 15.9 Å². The highest BCUT2D eigenvalue weighted by Gasteiger charge is 2.20. The molecule has 0 unspecified atom stereocenters. The van der Waals surface area contributed by atoms with Gasteiger partial charge in [0.2, 0.25) is 11.1 Å². The van der Waals surface area contributed by atoms with Crippen LogP contribution in [0.4, 0.5) is 8.78 Å². The van der Waals surface area contributed by atoms with Gasteiger partial charge in [-0.2, -0.15) is 8.78 Å². The van der Waals surface area contributed by atoms with Gasteiger partial charge in [0.25, 0.3) is 0 Å². The maximum absolute atomic E-state index is 12.2. The average Bonchev–Trinajstić information content (AvgIpc) is 3.03. The molecule has 0 atom stereocenters. The second kappa shape index (κ2) is 9.22. The summed E-state index contributed by atoms with van der Waals surface area (Å²) in [7, 11) is 0. The molecule has 28 heavy (non-hydrogen) atoms. The van der Waals surface area contributed by atoms with Crippen LogP contribution in [0.15, 0.2) is 29.4 Å². The van der Waals surface area contributed by atoms with Crippen LogP contribution in [0.25, 0.3) is 11.4 Å². The van der Waals surface area contributed by atoms with Crippen LogP contribution in [-0.4, -0.2) is 39.2 Å². The van der Waals surface area contributed by atoms with E-state index >= 15 is 0 Å². The van der Waals surface area contributed by atoms with Crippen molar-refractivity contribution in [1.29, 1.82) is 0 Å². The normalized spacial score (nSPS) is 19.6. The van der Waals surface area contributed by atoms with Gasteiger partial charge in [-0.1, -0.05) is 18.7 Å². The van der Waals surface area contributed by atoms with E-state index in [2.05, 4.69) is 27.2 Å². The maximum Gasteiger partial charge on any atom is 0.387 e. The van der Waals surface area contributed by atoms with E-state index in [9.17, 15) is 13.6 Å². The number of amides is 1. The van der Waals surface area contributed by atoms with Crippen LogP contribution in [0.2, 0.25) is 0 Å². The Bertz CT molecular complexity index is 792. The van der Waals surface area contributed by atoms with Crippen molar-refractivity contribution in [3.05, 3.63) is 24.3 Å². The van der Waals surface area contributed by atoms with Gasteiger partial charge in [-0.3, -0.25) is 4.79 Å². The van der Waals surface area contributed by atoms with E-state index in [-0.39, 0.29) is 23.5 Å². The molecule has 0 saturated heterocycles. The first-order valence-corrected chi connectivity index (χ1v) is 10.1. The lowest BCUT2D eigenvalue weighted by Gasteiger charge is -2.26. The van der Waals surface area contributed by atoms with E-state index in [1.807, 2.05) is 0 Å². The highest BCUT2D eigenvalue weighted by atomic mass is 32.2. The zero-order valence-corrected chi connectivity index (χ0v) is 16.3. The molecule has 1 amide bonds. The van der Waals surface area contributed by atoms with E-state index in [4.69, 9.17) is 5.84 Å². The van der Waals surface area contributed by atoms with Crippen LogP contribution in [0, 0.1) is 5.92 Å². The number of nitrogens with two attached hydrogens (primary N) is 1. The largest absolute Gasteiger partial charge is 0.435 e. The molecule has 1 aromatic carbocycles. The molecule has 0 spiro atoms. The molecule has 1 aliphatic rings. The minimum Gasteiger partial charge on any atom is -0.435 e. The summed E-state index contributed by atoms with van der Waals surface area (Å²) >= 11 is 1.20. The molecule has 1 fully saturated rings. The lowest BCUT2D eigenvalue weighted by atomic mass is 9.87. The molecular weight excluding hydrogens is 388 g/mol. The van der Waals surface area contributed by atoms with Crippen molar-refractivity contribution in [2.45, 2.75) is 50.4 Å². The van der Waals surface area contributed by atoms with Crippen molar-refractivity contribution in [2.75, 3.05) is 11.6 Å². The van der Waals surface area contributed by atoms with Gasteiger partial charge in [0.15, 0.2) is 5.82 Å². The van der Waals surface area contributed by atoms with E-state index < -0.39 is 6.61 Å². The van der Waals surface area contributed by atoms with Gasteiger partial charge >= 0.3 is 6.61 Å². The fourth-order valence-electron chi connectivity index (χ4n) is 3.16. The fraction of sp³-hybridized carbons (Fsp3) is 0.500. The van der Waals surface area contributed by atoms with Crippen molar-refractivity contribution < 1.29 is 18.3 Å². The predicted octanol–water partition coefficient (Wildman–Crippen LogP) is 3.05. The molecule has 1 saturated carbocycles. The Morgan fingerprint density at radius 3 is 2.61 bits per heavy atom. The van der Waals surface area contributed by atoms with Gasteiger partial charge in [0.05, 0.1) is 5.75 Å². The van der Waals surface area contributed by atoms with E-state index in [1.54, 1.807) is 12.1 Å². The number of carbonyl (C=O) groups excluding carboxylic acids is 1. The van der Waals surface area contributed by atoms with Crippen LogP contribution in [0.1, 0.15) is 32.6 Å². The lowest BCUT2D eigenvalue weighted by molar-refractivity contribution is -0.119. The SMILES string of the molecule is CC1CCC(NC(=O)CSc2nnc(-c3ccc(OC(F)F)cc3)n2N)CC1. The third kappa shape index (κ3) is 5.34. The van der Waals surface area contributed by atoms with E-state index in [0.717, 1.165) is 31.6 Å². The van der Waals surface area contributed by atoms with Crippen LogP contribution >= 0.6 is 11.8 Å². The van der Waals surface area contributed by atoms with Crippen molar-refractivity contribution >= 4 is 17.7 Å². The summed E-state index contributed by atoms with van der Waals surface area (Å²) in [6.45, 7) is -0.644. The van der Waals surface area contributed by atoms with Gasteiger partial charge in [0.1, 0.15) is 5.75 Å². The topological polar surface area (TPSA) is 95.1 Å². The Morgan fingerprint density at radius 1 is 1.29 bits per heavy atom. The predicted molar refractivity (Wildman–Crippen MR) is 103 cm³/mol. The lowest BCUT2D eigenvalue weighted by Crippen LogP contribution is -2.38. The molecule has 2 aromatic rings. The second-order valence-electron chi connectivity index (χ2n) is 6.89. The Balaban J connectivity index is 1.55. The van der Waals surface area contributed by atoms with E-state index in [1.165, 1.54) is 28.6 Å². The molecule has 10 heteroatoms. The first kappa shape index (κ1) is 20.4. The fourth-order valence-corrected chi connectivity index (χ4v) is 3.83. The summed E-state index contributed by atoms with van der Waals surface area (Å²) in [5.74, 6) is 7.32. The molecule has 152 valence electrons. The quantitative estimate of drug-likeness (QED) is 0.537. The minimum absolute atomic E-state index is 0.0465. The zero-order chi connectivity index (χ0) is 20.1. The van der Waals surface area contributed by atoms with Crippen molar-refractivity contribution in [1.82, 2.24) is 20.2 Å². The van der Waals surface area contributed by atoms with Gasteiger partial charge in [-0.25, -0.2) is 4.68 Å². The Kier molecular flexibility index (Phi) is 6.71. The molecule has 0 bridgehead atoms. The number of nitrogen functional groups attached to an aromatic ring is 1. The standard InChI is InChI=1S/C18H23F2N5O2S/c1-11-2-6-13(7-3-11)22-15(26)10-28-18-24-23-16(25(18)21)12-4-8-14(9-5-12)27-17(19)20/h4-5,8-9,11,13,17H,2-3,6-7,10,21H2,1H3,(H,22,26). The number of rotatable bonds is 7. The van der Waals surface area contributed by atoms with Crippen LogP contribution in [0.3, 0.4) is 0 Å². The number of carbonyl (C=O) groups is 1. The Morgan fingerprint density at radius 2 is 1.96 bits per heavy atom.